The van der Waals surface area contributed by atoms with E-state index in [1.54, 1.807) is 24.3 Å². The van der Waals surface area contributed by atoms with Crippen LogP contribution in [0.4, 0.5) is 5.69 Å². The molecule has 5 N–H and O–H groups in total. The first kappa shape index (κ1) is 19.2. The van der Waals surface area contributed by atoms with Crippen LogP contribution < -0.4 is 15.8 Å². The molecule has 0 bridgehead atoms. The maximum absolute atomic E-state index is 11.9. The summed E-state index contributed by atoms with van der Waals surface area (Å²) >= 11 is 0. The third kappa shape index (κ3) is 5.73. The third-order valence-electron chi connectivity index (χ3n) is 3.70. The third-order valence-corrected chi connectivity index (χ3v) is 3.70. The van der Waals surface area contributed by atoms with E-state index in [9.17, 15) is 19.8 Å². The van der Waals surface area contributed by atoms with E-state index in [1.165, 1.54) is 12.1 Å². The molecule has 0 spiro atoms. The number of nitrogens with zero attached hydrogens (tertiary/aromatic N) is 1. The molecule has 0 aliphatic carbocycles. The van der Waals surface area contributed by atoms with Gasteiger partial charge >= 0.3 is 0 Å². The number of amides is 1. The Morgan fingerprint density at radius 3 is 2.31 bits per heavy atom. The van der Waals surface area contributed by atoms with Crippen LogP contribution in [-0.4, -0.2) is 39.7 Å². The number of benzene rings is 1. The molecule has 0 radical (unpaired) electrons. The zero-order valence-electron chi connectivity index (χ0n) is 14.4. The molecule has 26 heavy (non-hydrogen) atoms. The van der Waals surface area contributed by atoms with Gasteiger partial charge in [0.2, 0.25) is 23.6 Å². The molecule has 1 heterocycles. The number of nitrogens with one attached hydrogen (secondary N) is 1. The van der Waals surface area contributed by atoms with Crippen molar-refractivity contribution in [1.82, 2.24) is 9.88 Å². The highest BCUT2D eigenvalue weighted by molar-refractivity contribution is 5.86. The summed E-state index contributed by atoms with van der Waals surface area (Å²) in [5.41, 5.74) is 6.27. The number of anilines is 1. The van der Waals surface area contributed by atoms with Gasteiger partial charge in [-0.2, -0.15) is 0 Å². The minimum absolute atomic E-state index is 0.0160. The Bertz CT molecular complexity index is 720. The van der Waals surface area contributed by atoms with Gasteiger partial charge in [0.05, 0.1) is 6.61 Å². The van der Waals surface area contributed by atoms with E-state index in [0.717, 1.165) is 23.2 Å². The lowest BCUT2D eigenvalue weighted by molar-refractivity contribution is -0.121. The molecule has 8 nitrogen and oxygen atoms in total. The second kappa shape index (κ2) is 9.36. The van der Waals surface area contributed by atoms with Crippen LogP contribution in [0.15, 0.2) is 36.4 Å². The normalized spacial score (nSPS) is 10.5. The minimum Gasteiger partial charge on any atom is -0.494 e. The van der Waals surface area contributed by atoms with E-state index in [1.807, 2.05) is 0 Å². The molecule has 8 heteroatoms. The van der Waals surface area contributed by atoms with E-state index in [-0.39, 0.29) is 30.5 Å². The lowest BCUT2D eigenvalue weighted by atomic mass is 10.2. The van der Waals surface area contributed by atoms with Gasteiger partial charge in [0.15, 0.2) is 0 Å². The Balaban J connectivity index is 1.56. The maximum atomic E-state index is 11.9. The fourth-order valence-electron chi connectivity index (χ4n) is 2.30. The number of rotatable bonds is 9. The summed E-state index contributed by atoms with van der Waals surface area (Å²) in [4.78, 5) is 23.6. The SMILES string of the molecule is Nc1ccc(OCCCCNC(=O)CCC(=O)n2c(O)ccc2O)cc1. The van der Waals surface area contributed by atoms with Crippen LogP contribution in [0, 0.1) is 0 Å². The summed E-state index contributed by atoms with van der Waals surface area (Å²) in [6.07, 6.45) is 1.39. The molecule has 0 aliphatic rings. The van der Waals surface area contributed by atoms with E-state index in [0.29, 0.717) is 18.8 Å². The van der Waals surface area contributed by atoms with Gasteiger partial charge in [0.1, 0.15) is 5.75 Å². The largest absolute Gasteiger partial charge is 0.494 e. The van der Waals surface area contributed by atoms with Gasteiger partial charge in [0.25, 0.3) is 0 Å². The van der Waals surface area contributed by atoms with Gasteiger partial charge in [-0.05, 0) is 37.1 Å². The first-order chi connectivity index (χ1) is 12.5. The summed E-state index contributed by atoms with van der Waals surface area (Å²) in [7, 11) is 0. The highest BCUT2D eigenvalue weighted by Gasteiger charge is 2.15. The van der Waals surface area contributed by atoms with Crippen LogP contribution in [0.1, 0.15) is 30.5 Å². The van der Waals surface area contributed by atoms with E-state index in [4.69, 9.17) is 10.5 Å². The molecule has 0 fully saturated rings. The van der Waals surface area contributed by atoms with Crippen molar-refractivity contribution in [2.75, 3.05) is 18.9 Å². The molecule has 1 amide bonds. The number of nitrogen functional groups attached to an aromatic ring is 1. The van der Waals surface area contributed by atoms with Crippen LogP contribution in [-0.2, 0) is 4.79 Å². The predicted molar refractivity (Wildman–Crippen MR) is 96.2 cm³/mol. The van der Waals surface area contributed by atoms with Crippen molar-refractivity contribution in [1.29, 1.82) is 0 Å². The van der Waals surface area contributed by atoms with Crippen molar-refractivity contribution in [2.24, 2.45) is 0 Å². The van der Waals surface area contributed by atoms with Gasteiger partial charge in [0, 0.05) is 37.2 Å². The number of aromatic hydroxyl groups is 2. The van der Waals surface area contributed by atoms with Crippen LogP contribution in [0.2, 0.25) is 0 Å². The molecule has 0 atom stereocenters. The summed E-state index contributed by atoms with van der Waals surface area (Å²) in [6, 6.07) is 9.55. The van der Waals surface area contributed by atoms with E-state index < -0.39 is 5.91 Å². The molecule has 0 aliphatic heterocycles. The van der Waals surface area contributed by atoms with Crippen LogP contribution in [0.25, 0.3) is 0 Å². The second-order valence-corrected chi connectivity index (χ2v) is 5.75. The Hall–Kier alpha value is -3.16. The van der Waals surface area contributed by atoms with Gasteiger partial charge < -0.3 is 26.0 Å². The molecule has 2 rings (SSSR count). The van der Waals surface area contributed by atoms with Gasteiger partial charge in [-0.3, -0.25) is 9.59 Å². The maximum Gasteiger partial charge on any atom is 0.236 e. The Morgan fingerprint density at radius 1 is 1.00 bits per heavy atom. The molecule has 2 aromatic rings. The number of nitrogens with two attached hydrogens (primary N) is 1. The smallest absolute Gasteiger partial charge is 0.236 e. The standard InChI is InChI=1S/C18H23N3O5/c19-13-3-5-14(6-4-13)26-12-2-1-11-20-15(22)7-8-16(23)21-17(24)9-10-18(21)25/h3-6,9-10,24-25H,1-2,7-8,11-12,19H2,(H,20,22). The molecular formula is C18H23N3O5. The van der Waals surface area contributed by atoms with Crippen molar-refractivity contribution in [3.05, 3.63) is 36.4 Å². The average molecular weight is 361 g/mol. The van der Waals surface area contributed by atoms with Crippen LogP contribution in [0.5, 0.6) is 17.5 Å². The monoisotopic (exact) mass is 361 g/mol. The minimum atomic E-state index is -0.544. The first-order valence-electron chi connectivity index (χ1n) is 8.35. The number of hydrogen-bond acceptors (Lipinski definition) is 6. The van der Waals surface area contributed by atoms with Crippen molar-refractivity contribution >= 4 is 17.5 Å². The molecule has 0 saturated carbocycles. The molecule has 0 unspecified atom stereocenters. The molecule has 1 aromatic heterocycles. The van der Waals surface area contributed by atoms with Gasteiger partial charge in [-0.25, -0.2) is 4.57 Å². The highest BCUT2D eigenvalue weighted by Crippen LogP contribution is 2.21. The second-order valence-electron chi connectivity index (χ2n) is 5.75. The van der Waals surface area contributed by atoms with Crippen molar-refractivity contribution in [3.8, 4) is 17.5 Å². The zero-order chi connectivity index (χ0) is 18.9. The summed E-state index contributed by atoms with van der Waals surface area (Å²) in [5.74, 6) is -0.762. The Labute approximate surface area is 151 Å². The number of hydrogen-bond donors (Lipinski definition) is 4. The number of carbonyl (C=O) groups is 2. The lowest BCUT2D eigenvalue weighted by Crippen LogP contribution is -2.25. The fraction of sp³-hybridized carbons (Fsp3) is 0.333. The number of carbonyl (C=O) groups excluding carboxylic acids is 2. The quantitative estimate of drug-likeness (QED) is 0.399. The zero-order valence-corrected chi connectivity index (χ0v) is 14.4. The molecule has 140 valence electrons. The average Bonchev–Trinajstić information content (AvgIpc) is 2.96. The first-order valence-corrected chi connectivity index (χ1v) is 8.35. The Kier molecular flexibility index (Phi) is 6.90. The summed E-state index contributed by atoms with van der Waals surface area (Å²) in [5, 5.41) is 21.6. The van der Waals surface area contributed by atoms with Gasteiger partial charge in [-0.1, -0.05) is 0 Å². The summed E-state index contributed by atoms with van der Waals surface area (Å²) < 4.78 is 6.31. The predicted octanol–water partition coefficient (Wildman–Crippen LogP) is 1.88. The van der Waals surface area contributed by atoms with Crippen molar-refractivity contribution in [3.63, 3.8) is 0 Å². The summed E-state index contributed by atoms with van der Waals surface area (Å²) in [6.45, 7) is 1.02. The number of aromatic nitrogens is 1. The van der Waals surface area contributed by atoms with Crippen LogP contribution in [0.3, 0.4) is 0 Å². The number of ether oxygens (including phenoxy) is 1. The van der Waals surface area contributed by atoms with Crippen molar-refractivity contribution < 1.29 is 24.5 Å². The topological polar surface area (TPSA) is 127 Å². The fourth-order valence-corrected chi connectivity index (χ4v) is 2.30. The Morgan fingerprint density at radius 2 is 1.65 bits per heavy atom. The van der Waals surface area contributed by atoms with E-state index >= 15 is 0 Å². The molecule has 1 aromatic carbocycles. The van der Waals surface area contributed by atoms with Crippen LogP contribution >= 0.6 is 0 Å². The highest BCUT2D eigenvalue weighted by atomic mass is 16.5. The molecule has 0 saturated heterocycles. The van der Waals surface area contributed by atoms with Crippen molar-refractivity contribution in [2.45, 2.75) is 25.7 Å². The molecular weight excluding hydrogens is 338 g/mol. The lowest BCUT2D eigenvalue weighted by Gasteiger charge is -2.08. The van der Waals surface area contributed by atoms with E-state index in [2.05, 4.69) is 5.32 Å². The van der Waals surface area contributed by atoms with Gasteiger partial charge in [-0.15, -0.1) is 0 Å². The number of unbranched alkanes of at least 4 members (excludes halogenated alkanes) is 1.